The van der Waals surface area contributed by atoms with Crippen LogP contribution in [0.25, 0.3) is 0 Å². The maximum Gasteiger partial charge on any atom is 0.226 e. The molecule has 4 N–H and O–H groups in total. The fraction of sp³-hybridized carbons (Fsp3) is 0.529. The number of benzene rings is 1. The topological polar surface area (TPSA) is 84.2 Å². The summed E-state index contributed by atoms with van der Waals surface area (Å²) in [6, 6.07) is 5.83. The number of nitrogens with one attached hydrogen (secondary N) is 2. The van der Waals surface area contributed by atoms with Crippen LogP contribution in [-0.2, 0) is 9.59 Å². The Balaban J connectivity index is 0.00000288. The maximum atomic E-state index is 11.9. The van der Waals surface area contributed by atoms with E-state index < -0.39 is 0 Å². The molecule has 1 fully saturated rings. The fourth-order valence-electron chi connectivity index (χ4n) is 2.92. The first-order valence-electron chi connectivity index (χ1n) is 8.04. The van der Waals surface area contributed by atoms with Gasteiger partial charge < -0.3 is 16.4 Å². The summed E-state index contributed by atoms with van der Waals surface area (Å²) in [5.41, 5.74) is 7.75. The number of hydrogen-bond acceptors (Lipinski definition) is 3. The average Bonchev–Trinajstić information content (AvgIpc) is 2.87. The molecule has 1 aromatic rings. The zero-order chi connectivity index (χ0) is 16.8. The number of halogens is 2. The molecule has 0 aromatic heterocycles. The van der Waals surface area contributed by atoms with Gasteiger partial charge in [-0.3, -0.25) is 9.59 Å². The molecule has 24 heavy (non-hydrogen) atoms. The zero-order valence-corrected chi connectivity index (χ0v) is 16.2. The third-order valence-electron chi connectivity index (χ3n) is 4.30. The van der Waals surface area contributed by atoms with Gasteiger partial charge in [0.25, 0.3) is 0 Å². The van der Waals surface area contributed by atoms with Crippen molar-refractivity contribution in [3.05, 3.63) is 28.2 Å². The molecule has 134 valence electrons. The molecule has 1 aliphatic rings. The van der Waals surface area contributed by atoms with E-state index in [9.17, 15) is 9.59 Å². The van der Waals surface area contributed by atoms with Crippen LogP contribution in [0.5, 0.6) is 0 Å². The second-order valence-corrected chi connectivity index (χ2v) is 7.08. The van der Waals surface area contributed by atoms with Crippen LogP contribution in [0.2, 0.25) is 0 Å². The predicted molar refractivity (Wildman–Crippen MR) is 102 cm³/mol. The van der Waals surface area contributed by atoms with Crippen molar-refractivity contribution in [1.82, 2.24) is 5.32 Å². The van der Waals surface area contributed by atoms with Crippen LogP contribution in [0, 0.1) is 12.8 Å². The van der Waals surface area contributed by atoms with E-state index in [1.165, 1.54) is 0 Å². The number of aryl methyl sites for hydroxylation is 1. The summed E-state index contributed by atoms with van der Waals surface area (Å²) in [4.78, 5) is 23.8. The monoisotopic (exact) mass is 417 g/mol. The number of amides is 2. The summed E-state index contributed by atoms with van der Waals surface area (Å²) in [5.74, 6) is 0.169. The summed E-state index contributed by atoms with van der Waals surface area (Å²) < 4.78 is 0.977. The van der Waals surface area contributed by atoms with Gasteiger partial charge >= 0.3 is 0 Å². The number of carbonyl (C=O) groups is 2. The molecule has 0 aliphatic heterocycles. The molecule has 0 spiro atoms. The SMILES string of the molecule is Cc1cc(Br)ccc1NC(=O)CCNC(=O)C[C@@H]1CCC[C@H]1N.Cl. The molecule has 2 atom stereocenters. The summed E-state index contributed by atoms with van der Waals surface area (Å²) in [5, 5.41) is 5.67. The van der Waals surface area contributed by atoms with Crippen LogP contribution in [0.4, 0.5) is 5.69 Å². The summed E-state index contributed by atoms with van der Waals surface area (Å²) >= 11 is 3.39. The van der Waals surface area contributed by atoms with Crippen molar-refractivity contribution in [1.29, 1.82) is 0 Å². The number of carbonyl (C=O) groups excluding carboxylic acids is 2. The van der Waals surface area contributed by atoms with Crippen LogP contribution in [0.1, 0.15) is 37.7 Å². The van der Waals surface area contributed by atoms with E-state index in [0.717, 1.165) is 35.0 Å². The first-order valence-corrected chi connectivity index (χ1v) is 8.83. The Morgan fingerprint density at radius 3 is 2.67 bits per heavy atom. The van der Waals surface area contributed by atoms with Crippen LogP contribution < -0.4 is 16.4 Å². The quantitative estimate of drug-likeness (QED) is 0.663. The molecule has 1 saturated carbocycles. The van der Waals surface area contributed by atoms with E-state index in [0.29, 0.717) is 13.0 Å². The molecule has 0 unspecified atom stereocenters. The Morgan fingerprint density at radius 2 is 2.04 bits per heavy atom. The molecular weight excluding hydrogens is 394 g/mol. The van der Waals surface area contributed by atoms with Crippen LogP contribution in [0.15, 0.2) is 22.7 Å². The lowest BCUT2D eigenvalue weighted by atomic mass is 10.00. The molecule has 2 amide bonds. The Kier molecular flexibility index (Phi) is 8.73. The largest absolute Gasteiger partial charge is 0.356 e. The lowest BCUT2D eigenvalue weighted by Crippen LogP contribution is -2.33. The first-order chi connectivity index (χ1) is 11.0. The minimum atomic E-state index is -0.103. The third kappa shape index (κ3) is 6.42. The second-order valence-electron chi connectivity index (χ2n) is 6.17. The highest BCUT2D eigenvalue weighted by Crippen LogP contribution is 2.26. The first kappa shape index (κ1) is 20.9. The average molecular weight is 419 g/mol. The van der Waals surface area contributed by atoms with E-state index in [4.69, 9.17) is 5.73 Å². The van der Waals surface area contributed by atoms with Crippen molar-refractivity contribution in [2.24, 2.45) is 11.7 Å². The van der Waals surface area contributed by atoms with Gasteiger partial charge in [-0.1, -0.05) is 22.4 Å². The smallest absolute Gasteiger partial charge is 0.226 e. The summed E-state index contributed by atoms with van der Waals surface area (Å²) in [6.45, 7) is 2.29. The minimum absolute atomic E-state index is 0. The standard InChI is InChI=1S/C17H24BrN3O2.ClH/c1-11-9-13(18)5-6-15(11)21-16(22)7-8-20-17(23)10-12-3-2-4-14(12)19;/h5-6,9,12,14H,2-4,7-8,10,19H2,1H3,(H,20,23)(H,21,22);1H/t12-,14+;/m0./s1. The highest BCUT2D eigenvalue weighted by atomic mass is 79.9. The molecule has 2 rings (SSSR count). The van der Waals surface area contributed by atoms with Crippen molar-refractivity contribution < 1.29 is 9.59 Å². The number of anilines is 1. The molecule has 1 aliphatic carbocycles. The van der Waals surface area contributed by atoms with Gasteiger partial charge in [-0.05, 0) is 49.4 Å². The van der Waals surface area contributed by atoms with Gasteiger partial charge in [0, 0.05) is 35.6 Å². The lowest BCUT2D eigenvalue weighted by Gasteiger charge is -2.14. The number of hydrogen-bond donors (Lipinski definition) is 3. The van der Waals surface area contributed by atoms with Crippen LogP contribution in [-0.4, -0.2) is 24.4 Å². The molecule has 7 heteroatoms. The Labute approximate surface area is 157 Å². The molecule has 5 nitrogen and oxygen atoms in total. The van der Waals surface area contributed by atoms with Gasteiger partial charge in [0.1, 0.15) is 0 Å². The Morgan fingerprint density at radius 1 is 1.29 bits per heavy atom. The van der Waals surface area contributed by atoms with Crippen molar-refractivity contribution in [3.8, 4) is 0 Å². The van der Waals surface area contributed by atoms with E-state index in [-0.39, 0.29) is 42.6 Å². The molecular formula is C17H25BrClN3O2. The van der Waals surface area contributed by atoms with Gasteiger partial charge in [-0.15, -0.1) is 12.4 Å². The minimum Gasteiger partial charge on any atom is -0.356 e. The second kappa shape index (κ2) is 10.0. The fourth-order valence-corrected chi connectivity index (χ4v) is 3.40. The van der Waals surface area contributed by atoms with E-state index in [2.05, 4.69) is 26.6 Å². The molecule has 0 heterocycles. The van der Waals surface area contributed by atoms with Crippen LogP contribution in [0.3, 0.4) is 0 Å². The molecule has 0 radical (unpaired) electrons. The van der Waals surface area contributed by atoms with Crippen molar-refractivity contribution in [3.63, 3.8) is 0 Å². The number of nitrogens with two attached hydrogens (primary N) is 1. The van der Waals surface area contributed by atoms with Gasteiger partial charge in [-0.2, -0.15) is 0 Å². The van der Waals surface area contributed by atoms with Crippen molar-refractivity contribution in [2.75, 3.05) is 11.9 Å². The van der Waals surface area contributed by atoms with E-state index in [1.807, 2.05) is 25.1 Å². The van der Waals surface area contributed by atoms with Gasteiger partial charge in [-0.25, -0.2) is 0 Å². The Bertz CT molecular complexity index is 583. The highest BCUT2D eigenvalue weighted by molar-refractivity contribution is 9.10. The van der Waals surface area contributed by atoms with Gasteiger partial charge in [0.05, 0.1) is 0 Å². The normalized spacial score (nSPS) is 19.5. The zero-order valence-electron chi connectivity index (χ0n) is 13.8. The number of rotatable bonds is 6. The van der Waals surface area contributed by atoms with E-state index in [1.54, 1.807) is 0 Å². The van der Waals surface area contributed by atoms with E-state index >= 15 is 0 Å². The molecule has 0 bridgehead atoms. The van der Waals surface area contributed by atoms with Gasteiger partial charge in [0.2, 0.25) is 11.8 Å². The Hall–Kier alpha value is -1.11. The third-order valence-corrected chi connectivity index (χ3v) is 4.80. The molecule has 1 aromatic carbocycles. The predicted octanol–water partition coefficient (Wildman–Crippen LogP) is 3.14. The highest BCUT2D eigenvalue weighted by Gasteiger charge is 2.25. The van der Waals surface area contributed by atoms with Gasteiger partial charge in [0.15, 0.2) is 0 Å². The maximum absolute atomic E-state index is 11.9. The van der Waals surface area contributed by atoms with Crippen LogP contribution >= 0.6 is 28.3 Å². The van der Waals surface area contributed by atoms with Crippen molar-refractivity contribution in [2.45, 2.75) is 45.1 Å². The van der Waals surface area contributed by atoms with Crippen molar-refractivity contribution >= 4 is 45.8 Å². The molecule has 0 saturated heterocycles. The summed E-state index contributed by atoms with van der Waals surface area (Å²) in [7, 11) is 0. The summed E-state index contributed by atoms with van der Waals surface area (Å²) in [6.07, 6.45) is 3.87. The lowest BCUT2D eigenvalue weighted by molar-refractivity contribution is -0.122.